The number of nitrogens with one attached hydrogen (secondary N) is 1. The van der Waals surface area contributed by atoms with Gasteiger partial charge in [0.15, 0.2) is 0 Å². The van der Waals surface area contributed by atoms with Gasteiger partial charge < -0.3 is 16.2 Å². The van der Waals surface area contributed by atoms with E-state index < -0.39 is 11.9 Å². The summed E-state index contributed by atoms with van der Waals surface area (Å²) in [5, 5.41) is 11.9. The van der Waals surface area contributed by atoms with Gasteiger partial charge >= 0.3 is 0 Å². The summed E-state index contributed by atoms with van der Waals surface area (Å²) in [5.74, 6) is -0.292. The molecule has 2 atom stereocenters. The smallest absolute Gasteiger partial charge is 0.240 e. The molecule has 0 saturated carbocycles. The highest BCUT2D eigenvalue weighted by Crippen LogP contribution is 2.12. The van der Waals surface area contributed by atoms with Crippen molar-refractivity contribution in [2.45, 2.75) is 39.2 Å². The molecule has 0 radical (unpaired) electrons. The predicted molar refractivity (Wildman–Crippen MR) is 77.0 cm³/mol. The fourth-order valence-electron chi connectivity index (χ4n) is 1.80. The van der Waals surface area contributed by atoms with Gasteiger partial charge in [-0.3, -0.25) is 9.59 Å². The summed E-state index contributed by atoms with van der Waals surface area (Å²) < 4.78 is 0. The van der Waals surface area contributed by atoms with Gasteiger partial charge in [0, 0.05) is 12.8 Å². The lowest BCUT2D eigenvalue weighted by atomic mass is 10.0. The molecule has 0 spiro atoms. The Morgan fingerprint density at radius 2 is 1.90 bits per heavy atom. The number of hydrogen-bond acceptors (Lipinski definition) is 3. The molecule has 5 heteroatoms. The Hall–Kier alpha value is -2.04. The quantitative estimate of drug-likeness (QED) is 0.702. The molecule has 2 unspecified atom stereocenters. The second-order valence-electron chi connectivity index (χ2n) is 5.11. The van der Waals surface area contributed by atoms with Gasteiger partial charge in [-0.25, -0.2) is 0 Å². The van der Waals surface area contributed by atoms with E-state index in [0.29, 0.717) is 12.8 Å². The van der Waals surface area contributed by atoms with Gasteiger partial charge in [0.05, 0.1) is 0 Å². The van der Waals surface area contributed by atoms with Crippen LogP contribution >= 0.6 is 0 Å². The number of aromatic hydroxyl groups is 1. The first kappa shape index (κ1) is 16.0. The van der Waals surface area contributed by atoms with Crippen LogP contribution in [0, 0.1) is 5.92 Å². The van der Waals surface area contributed by atoms with Crippen molar-refractivity contribution < 1.29 is 14.7 Å². The van der Waals surface area contributed by atoms with Crippen LogP contribution in [0.2, 0.25) is 0 Å². The van der Waals surface area contributed by atoms with E-state index in [1.54, 1.807) is 12.1 Å². The Morgan fingerprint density at radius 3 is 2.40 bits per heavy atom. The Kier molecular flexibility index (Phi) is 6.03. The molecule has 5 nitrogen and oxygen atoms in total. The fourth-order valence-corrected chi connectivity index (χ4v) is 1.80. The van der Waals surface area contributed by atoms with E-state index in [0.717, 1.165) is 12.0 Å². The summed E-state index contributed by atoms with van der Waals surface area (Å²) in [4.78, 5) is 23.2. The Morgan fingerprint density at radius 1 is 1.30 bits per heavy atom. The van der Waals surface area contributed by atoms with Crippen molar-refractivity contribution in [3.63, 3.8) is 0 Å². The SMILES string of the molecule is CCC(C)CC(=O)NC(Cc1ccc(O)cc1)C(N)=O. The van der Waals surface area contributed by atoms with Crippen LogP contribution in [0.4, 0.5) is 0 Å². The molecule has 0 heterocycles. The zero-order valence-electron chi connectivity index (χ0n) is 11.9. The van der Waals surface area contributed by atoms with E-state index in [1.165, 1.54) is 12.1 Å². The minimum atomic E-state index is -0.726. The van der Waals surface area contributed by atoms with Crippen molar-refractivity contribution in [3.8, 4) is 5.75 Å². The first-order valence-corrected chi connectivity index (χ1v) is 6.79. The van der Waals surface area contributed by atoms with Crippen LogP contribution in [0.15, 0.2) is 24.3 Å². The molecule has 0 saturated heterocycles. The third kappa shape index (κ3) is 5.30. The number of primary amides is 1. The second-order valence-corrected chi connectivity index (χ2v) is 5.11. The van der Waals surface area contributed by atoms with E-state index in [9.17, 15) is 14.7 Å². The Bertz CT molecular complexity index is 457. The molecule has 20 heavy (non-hydrogen) atoms. The van der Waals surface area contributed by atoms with Crippen LogP contribution in [0.25, 0.3) is 0 Å². The molecular formula is C15H22N2O3. The summed E-state index contributed by atoms with van der Waals surface area (Å²) >= 11 is 0. The van der Waals surface area contributed by atoms with Crippen LogP contribution in [0.1, 0.15) is 32.3 Å². The molecule has 2 amide bonds. The van der Waals surface area contributed by atoms with Crippen LogP contribution < -0.4 is 11.1 Å². The van der Waals surface area contributed by atoms with E-state index in [2.05, 4.69) is 5.32 Å². The minimum Gasteiger partial charge on any atom is -0.508 e. The van der Waals surface area contributed by atoms with Gasteiger partial charge in [0.25, 0.3) is 0 Å². The number of carbonyl (C=O) groups is 2. The van der Waals surface area contributed by atoms with Crippen molar-refractivity contribution >= 4 is 11.8 Å². The van der Waals surface area contributed by atoms with Crippen molar-refractivity contribution in [1.29, 1.82) is 0 Å². The summed E-state index contributed by atoms with van der Waals surface area (Å²) in [6.45, 7) is 4.00. The topological polar surface area (TPSA) is 92.4 Å². The number of phenols is 1. The van der Waals surface area contributed by atoms with E-state index >= 15 is 0 Å². The zero-order valence-corrected chi connectivity index (χ0v) is 11.9. The van der Waals surface area contributed by atoms with Crippen LogP contribution in [0.5, 0.6) is 5.75 Å². The maximum Gasteiger partial charge on any atom is 0.240 e. The number of amides is 2. The van der Waals surface area contributed by atoms with Gasteiger partial charge in [-0.05, 0) is 23.6 Å². The van der Waals surface area contributed by atoms with E-state index in [4.69, 9.17) is 5.73 Å². The van der Waals surface area contributed by atoms with E-state index in [-0.39, 0.29) is 17.6 Å². The summed E-state index contributed by atoms with van der Waals surface area (Å²) in [5.41, 5.74) is 6.15. The molecule has 0 bridgehead atoms. The number of hydrogen-bond donors (Lipinski definition) is 3. The summed E-state index contributed by atoms with van der Waals surface area (Å²) in [7, 11) is 0. The predicted octanol–water partition coefficient (Wildman–Crippen LogP) is 1.34. The average molecular weight is 278 g/mol. The third-order valence-electron chi connectivity index (χ3n) is 3.29. The first-order valence-electron chi connectivity index (χ1n) is 6.79. The molecule has 0 aliphatic heterocycles. The average Bonchev–Trinajstić information content (AvgIpc) is 2.40. The maximum absolute atomic E-state index is 11.8. The highest BCUT2D eigenvalue weighted by atomic mass is 16.3. The summed E-state index contributed by atoms with van der Waals surface area (Å²) in [6.07, 6.45) is 1.62. The molecule has 1 rings (SSSR count). The summed E-state index contributed by atoms with van der Waals surface area (Å²) in [6, 6.07) is 5.75. The monoisotopic (exact) mass is 278 g/mol. The number of phenolic OH excluding ortho intramolecular Hbond substituents is 1. The van der Waals surface area contributed by atoms with Crippen molar-refractivity contribution in [3.05, 3.63) is 29.8 Å². The Labute approximate surface area is 119 Å². The van der Waals surface area contributed by atoms with Crippen LogP contribution in [-0.2, 0) is 16.0 Å². The molecule has 0 fully saturated rings. The molecule has 4 N–H and O–H groups in total. The Balaban J connectivity index is 2.63. The van der Waals surface area contributed by atoms with Gasteiger partial charge in [-0.2, -0.15) is 0 Å². The fraction of sp³-hybridized carbons (Fsp3) is 0.467. The normalized spacial score (nSPS) is 13.5. The van der Waals surface area contributed by atoms with E-state index in [1.807, 2.05) is 13.8 Å². The van der Waals surface area contributed by atoms with Gasteiger partial charge in [-0.1, -0.05) is 32.4 Å². The second kappa shape index (κ2) is 7.53. The van der Waals surface area contributed by atoms with Crippen molar-refractivity contribution in [2.75, 3.05) is 0 Å². The highest BCUT2D eigenvalue weighted by Gasteiger charge is 2.19. The highest BCUT2D eigenvalue weighted by molar-refractivity contribution is 5.86. The minimum absolute atomic E-state index is 0.158. The van der Waals surface area contributed by atoms with Crippen LogP contribution in [-0.4, -0.2) is 23.0 Å². The van der Waals surface area contributed by atoms with Gasteiger partial charge in [0.2, 0.25) is 11.8 Å². The molecule has 1 aromatic carbocycles. The molecule has 0 aliphatic rings. The van der Waals surface area contributed by atoms with Crippen LogP contribution in [0.3, 0.4) is 0 Å². The molecule has 0 aliphatic carbocycles. The number of nitrogens with two attached hydrogens (primary N) is 1. The lowest BCUT2D eigenvalue weighted by molar-refractivity contribution is -0.127. The first-order chi connectivity index (χ1) is 9.42. The molecule has 110 valence electrons. The largest absolute Gasteiger partial charge is 0.508 e. The number of benzene rings is 1. The molecule has 1 aromatic rings. The lowest BCUT2D eigenvalue weighted by Crippen LogP contribution is -2.46. The van der Waals surface area contributed by atoms with Gasteiger partial charge in [0.1, 0.15) is 11.8 Å². The van der Waals surface area contributed by atoms with Gasteiger partial charge in [-0.15, -0.1) is 0 Å². The lowest BCUT2D eigenvalue weighted by Gasteiger charge is -2.17. The van der Waals surface area contributed by atoms with Crippen molar-refractivity contribution in [2.24, 2.45) is 11.7 Å². The zero-order chi connectivity index (χ0) is 15.1. The molecular weight excluding hydrogens is 256 g/mol. The van der Waals surface area contributed by atoms with Crippen molar-refractivity contribution in [1.82, 2.24) is 5.32 Å². The number of carbonyl (C=O) groups excluding carboxylic acids is 2. The molecule has 0 aromatic heterocycles. The number of rotatable bonds is 7. The maximum atomic E-state index is 11.8. The standard InChI is InChI=1S/C15H22N2O3/c1-3-10(2)8-14(19)17-13(15(16)20)9-11-4-6-12(18)7-5-11/h4-7,10,13,18H,3,8-9H2,1-2H3,(H2,16,20)(H,17,19). The third-order valence-corrected chi connectivity index (χ3v) is 3.29.